The minimum absolute atomic E-state index is 0. The highest BCUT2D eigenvalue weighted by Crippen LogP contribution is 2.12. The first-order chi connectivity index (χ1) is 6.27. The molecule has 2 aromatic rings. The number of carboxylic acids is 1. The second-order valence-electron chi connectivity index (χ2n) is 2.65. The summed E-state index contributed by atoms with van der Waals surface area (Å²) in [6.07, 6.45) is 1.57. The number of aliphatic carboxylic acids is 1. The highest BCUT2D eigenvalue weighted by Gasteiger charge is 2.08. The fourth-order valence-corrected chi connectivity index (χ4v) is 1.19. The Bertz CT molecular complexity index is 457. The van der Waals surface area contributed by atoms with Crippen molar-refractivity contribution in [1.82, 2.24) is 21.3 Å². The number of fused-ring (bicyclic) bond motifs is 1. The molecule has 15 heavy (non-hydrogen) atoms. The van der Waals surface area contributed by atoms with Gasteiger partial charge in [-0.25, -0.2) is 4.98 Å². The summed E-state index contributed by atoms with van der Waals surface area (Å²) in [5, 5.41) is 15.9. The largest absolute Gasteiger partial charge is 1.00 e. The number of nitrogens with one attached hydrogen (secondary N) is 1. The summed E-state index contributed by atoms with van der Waals surface area (Å²) in [5.74, 6) is -0.880. The van der Waals surface area contributed by atoms with Gasteiger partial charge in [0.15, 0.2) is 5.65 Å². The minimum Gasteiger partial charge on any atom is -1.00 e. The van der Waals surface area contributed by atoms with Crippen LogP contribution in [0.15, 0.2) is 18.3 Å². The van der Waals surface area contributed by atoms with Crippen LogP contribution in [0.25, 0.3) is 11.0 Å². The summed E-state index contributed by atoms with van der Waals surface area (Å²) in [6.45, 7) is 0. The number of hydrogen-bond acceptors (Lipinski definition) is 3. The summed E-state index contributed by atoms with van der Waals surface area (Å²) in [5.41, 5.74) is 1.15. The SMILES string of the molecule is O=C(O)Cc1[nH]nc2ncccc12.[Cl-].[NH4+]. The summed E-state index contributed by atoms with van der Waals surface area (Å²) in [6, 6.07) is 3.55. The molecule has 0 amide bonds. The van der Waals surface area contributed by atoms with E-state index in [4.69, 9.17) is 5.11 Å². The Kier molecular flexibility index (Phi) is 4.69. The van der Waals surface area contributed by atoms with Crippen LogP contribution in [0.1, 0.15) is 5.69 Å². The average Bonchev–Trinajstić information content (AvgIpc) is 2.48. The average molecular weight is 231 g/mol. The van der Waals surface area contributed by atoms with E-state index in [1.165, 1.54) is 0 Å². The number of pyridine rings is 1. The van der Waals surface area contributed by atoms with Crippen LogP contribution in [0.5, 0.6) is 0 Å². The number of carbonyl (C=O) groups is 1. The van der Waals surface area contributed by atoms with E-state index < -0.39 is 5.97 Å². The van der Waals surface area contributed by atoms with Gasteiger partial charge in [-0.05, 0) is 12.1 Å². The van der Waals surface area contributed by atoms with E-state index in [0.29, 0.717) is 11.3 Å². The fraction of sp³-hybridized carbons (Fsp3) is 0.125. The van der Waals surface area contributed by atoms with Crippen LogP contribution in [0.4, 0.5) is 0 Å². The van der Waals surface area contributed by atoms with Crippen molar-refractivity contribution in [3.05, 3.63) is 24.0 Å². The molecule has 2 aromatic heterocycles. The van der Waals surface area contributed by atoms with Gasteiger partial charge in [0.1, 0.15) is 0 Å². The van der Waals surface area contributed by atoms with E-state index in [9.17, 15) is 4.79 Å². The van der Waals surface area contributed by atoms with Crippen molar-refractivity contribution in [3.63, 3.8) is 0 Å². The lowest BCUT2D eigenvalue weighted by Crippen LogP contribution is -3.00. The van der Waals surface area contributed by atoms with E-state index in [-0.39, 0.29) is 25.0 Å². The first-order valence-electron chi connectivity index (χ1n) is 3.77. The van der Waals surface area contributed by atoms with Crippen LogP contribution >= 0.6 is 0 Å². The zero-order valence-electron chi connectivity index (χ0n) is 8.07. The molecule has 0 saturated carbocycles. The van der Waals surface area contributed by atoms with Crippen LogP contribution < -0.4 is 18.6 Å². The molecule has 0 radical (unpaired) electrons. The molecule has 82 valence electrons. The molecule has 0 unspecified atom stereocenters. The standard InChI is InChI=1S/C8H7N3O2.ClH.H3N/c12-7(13)4-6-5-2-1-3-9-8(5)11-10-6;;/h1-3H,4H2,(H,12,13)(H,9,10,11);1H;1H3. The lowest BCUT2D eigenvalue weighted by atomic mass is 10.2. The summed E-state index contributed by atoms with van der Waals surface area (Å²) < 4.78 is 0. The molecule has 2 rings (SSSR count). The number of halogens is 1. The number of carboxylic acid groups (broad SMARTS) is 1. The van der Waals surface area contributed by atoms with Crippen molar-refractivity contribution in [2.24, 2.45) is 0 Å². The maximum Gasteiger partial charge on any atom is 0.309 e. The lowest BCUT2D eigenvalue weighted by Gasteiger charge is -1.90. The highest BCUT2D eigenvalue weighted by atomic mass is 35.5. The van der Waals surface area contributed by atoms with Crippen LogP contribution in [-0.4, -0.2) is 26.3 Å². The topological polar surface area (TPSA) is 115 Å². The molecule has 0 aliphatic rings. The Hall–Kier alpha value is -1.66. The second kappa shape index (κ2) is 5.28. The number of quaternary nitrogens is 1. The first kappa shape index (κ1) is 13.3. The molecule has 7 heteroatoms. The van der Waals surface area contributed by atoms with Gasteiger partial charge < -0.3 is 23.7 Å². The molecule has 0 spiro atoms. The van der Waals surface area contributed by atoms with E-state index in [2.05, 4.69) is 15.2 Å². The molecule has 0 aromatic carbocycles. The van der Waals surface area contributed by atoms with E-state index in [0.717, 1.165) is 5.39 Å². The Labute approximate surface area is 91.7 Å². The van der Waals surface area contributed by atoms with Gasteiger partial charge >= 0.3 is 5.97 Å². The van der Waals surface area contributed by atoms with Crippen LogP contribution in [0.3, 0.4) is 0 Å². The van der Waals surface area contributed by atoms with Gasteiger partial charge in [0.25, 0.3) is 0 Å². The van der Waals surface area contributed by atoms with Gasteiger partial charge in [-0.2, -0.15) is 5.10 Å². The molecule has 2 heterocycles. The number of hydrogen-bond donors (Lipinski definition) is 3. The number of H-pyrrole nitrogens is 1. The van der Waals surface area contributed by atoms with Crippen LogP contribution in [-0.2, 0) is 11.2 Å². The molecular formula is C8H11ClN4O2. The van der Waals surface area contributed by atoms with Crippen molar-refractivity contribution < 1.29 is 22.3 Å². The monoisotopic (exact) mass is 230 g/mol. The van der Waals surface area contributed by atoms with Crippen molar-refractivity contribution in [3.8, 4) is 0 Å². The molecule has 6 N–H and O–H groups in total. The summed E-state index contributed by atoms with van der Waals surface area (Å²) >= 11 is 0. The van der Waals surface area contributed by atoms with Gasteiger partial charge in [0.05, 0.1) is 12.1 Å². The molecular weight excluding hydrogens is 220 g/mol. The third-order valence-electron chi connectivity index (χ3n) is 1.74. The summed E-state index contributed by atoms with van der Waals surface area (Å²) in [7, 11) is 0. The predicted octanol–water partition coefficient (Wildman–Crippen LogP) is -2.03. The number of nitrogens with zero attached hydrogens (tertiary/aromatic N) is 2. The van der Waals surface area contributed by atoms with Crippen molar-refractivity contribution in [2.75, 3.05) is 0 Å². The van der Waals surface area contributed by atoms with Crippen molar-refractivity contribution >= 4 is 17.0 Å². The van der Waals surface area contributed by atoms with Crippen LogP contribution in [0, 0.1) is 0 Å². The molecule has 0 aliphatic heterocycles. The Morgan fingerprint density at radius 2 is 2.27 bits per heavy atom. The molecule has 0 fully saturated rings. The van der Waals surface area contributed by atoms with Crippen molar-refractivity contribution in [2.45, 2.75) is 6.42 Å². The molecule has 6 nitrogen and oxygen atoms in total. The highest BCUT2D eigenvalue weighted by molar-refractivity contribution is 5.82. The third-order valence-corrected chi connectivity index (χ3v) is 1.74. The Morgan fingerprint density at radius 3 is 2.93 bits per heavy atom. The van der Waals surface area contributed by atoms with Crippen molar-refractivity contribution in [1.29, 1.82) is 0 Å². The number of rotatable bonds is 2. The molecule has 0 atom stereocenters. The molecule has 0 bridgehead atoms. The maximum atomic E-state index is 10.4. The second-order valence-corrected chi connectivity index (χ2v) is 2.65. The fourth-order valence-electron chi connectivity index (χ4n) is 1.19. The summed E-state index contributed by atoms with van der Waals surface area (Å²) in [4.78, 5) is 14.4. The van der Waals surface area contributed by atoms with E-state index >= 15 is 0 Å². The third kappa shape index (κ3) is 2.64. The zero-order chi connectivity index (χ0) is 9.26. The Balaban J connectivity index is 0.000000980. The van der Waals surface area contributed by atoms with Gasteiger partial charge in [-0.15, -0.1) is 0 Å². The lowest BCUT2D eigenvalue weighted by molar-refractivity contribution is -0.136. The normalized spacial score (nSPS) is 9.07. The minimum atomic E-state index is -0.880. The van der Waals surface area contributed by atoms with Crippen LogP contribution in [0.2, 0.25) is 0 Å². The number of aromatic amines is 1. The molecule has 0 aliphatic carbocycles. The zero-order valence-corrected chi connectivity index (χ0v) is 8.82. The quantitative estimate of drug-likeness (QED) is 0.552. The van der Waals surface area contributed by atoms with E-state index in [1.54, 1.807) is 18.3 Å². The van der Waals surface area contributed by atoms with E-state index in [1.807, 2.05) is 0 Å². The van der Waals surface area contributed by atoms with Gasteiger partial charge in [0, 0.05) is 11.6 Å². The number of aromatic nitrogens is 3. The predicted molar refractivity (Wildman–Crippen MR) is 51.2 cm³/mol. The van der Waals surface area contributed by atoms with Gasteiger partial charge in [-0.3, -0.25) is 9.89 Å². The van der Waals surface area contributed by atoms with Gasteiger partial charge in [-0.1, -0.05) is 0 Å². The first-order valence-corrected chi connectivity index (χ1v) is 3.77. The smallest absolute Gasteiger partial charge is 0.309 e. The maximum absolute atomic E-state index is 10.4. The Morgan fingerprint density at radius 1 is 1.53 bits per heavy atom. The van der Waals surface area contributed by atoms with Gasteiger partial charge in [0.2, 0.25) is 0 Å². The molecule has 0 saturated heterocycles.